The molecule has 8 heteroatoms. The fraction of sp³-hybridized carbons (Fsp3) is 0.0385. The van der Waals surface area contributed by atoms with Crippen LogP contribution in [0.5, 0.6) is 5.75 Å². The van der Waals surface area contributed by atoms with Crippen LogP contribution in [0.25, 0.3) is 11.3 Å². The van der Waals surface area contributed by atoms with E-state index in [-0.39, 0.29) is 22.6 Å². The summed E-state index contributed by atoms with van der Waals surface area (Å²) in [5.41, 5.74) is 3.99. The quantitative estimate of drug-likeness (QED) is 0.340. The molecule has 5 rings (SSSR count). The van der Waals surface area contributed by atoms with Gasteiger partial charge >= 0.3 is 0 Å². The molecule has 0 unspecified atom stereocenters. The molecule has 0 fully saturated rings. The van der Waals surface area contributed by atoms with E-state index in [0.29, 0.717) is 29.1 Å². The number of hydrogen-bond acceptors (Lipinski definition) is 5. The zero-order valence-electron chi connectivity index (χ0n) is 17.7. The fourth-order valence-corrected chi connectivity index (χ4v) is 4.75. The highest BCUT2D eigenvalue weighted by atomic mass is 35.5. The molecule has 0 aliphatic carbocycles. The first kappa shape index (κ1) is 22.0. The highest BCUT2D eigenvalue weighted by Crippen LogP contribution is 2.39. The number of amides is 2. The van der Waals surface area contributed by atoms with Gasteiger partial charge in [0.1, 0.15) is 5.75 Å². The number of carbonyl (C=O) groups excluding carboxylic acids is 2. The molecule has 0 spiro atoms. The average Bonchev–Trinajstić information content (AvgIpc) is 2.99. The minimum atomic E-state index is -0.252. The van der Waals surface area contributed by atoms with Crippen LogP contribution < -0.4 is 10.6 Å². The summed E-state index contributed by atoms with van der Waals surface area (Å²) in [6.07, 6.45) is 1.68. The highest BCUT2D eigenvalue weighted by molar-refractivity contribution is 7.99. The molecule has 34 heavy (non-hydrogen) atoms. The van der Waals surface area contributed by atoms with Gasteiger partial charge in [-0.05, 0) is 60.2 Å². The predicted octanol–water partition coefficient (Wildman–Crippen LogP) is 5.75. The maximum Gasteiger partial charge on any atom is 0.256 e. The lowest BCUT2D eigenvalue weighted by Gasteiger charge is -2.10. The van der Waals surface area contributed by atoms with E-state index in [4.69, 9.17) is 11.6 Å². The number of nitrogens with one attached hydrogen (secondary N) is 2. The van der Waals surface area contributed by atoms with Gasteiger partial charge in [0.25, 0.3) is 11.8 Å². The number of anilines is 1. The molecular weight excluding hydrogens is 470 g/mol. The Morgan fingerprint density at radius 1 is 1.03 bits per heavy atom. The Labute approximate surface area is 205 Å². The van der Waals surface area contributed by atoms with Crippen molar-refractivity contribution in [3.63, 3.8) is 0 Å². The molecule has 0 saturated heterocycles. The third-order valence-corrected chi connectivity index (χ3v) is 6.82. The summed E-state index contributed by atoms with van der Waals surface area (Å²) in [5.74, 6) is -0.427. The first-order chi connectivity index (χ1) is 16.5. The topological polar surface area (TPSA) is 91.3 Å². The van der Waals surface area contributed by atoms with Crippen molar-refractivity contribution >= 4 is 40.9 Å². The minimum absolute atomic E-state index is 0.0187. The van der Waals surface area contributed by atoms with Crippen LogP contribution in [0.4, 0.5) is 5.69 Å². The Bertz CT molecular complexity index is 1420. The normalized spacial score (nSPS) is 12.2. The van der Waals surface area contributed by atoms with Crippen LogP contribution in [-0.2, 0) is 6.54 Å². The second kappa shape index (κ2) is 9.21. The van der Waals surface area contributed by atoms with E-state index in [1.807, 2.05) is 36.4 Å². The lowest BCUT2D eigenvalue weighted by Crippen LogP contribution is -2.23. The first-order valence-corrected chi connectivity index (χ1v) is 11.6. The summed E-state index contributed by atoms with van der Waals surface area (Å²) >= 11 is 7.47. The highest BCUT2D eigenvalue weighted by Gasteiger charge is 2.20. The molecule has 3 aromatic carbocycles. The Balaban J connectivity index is 1.27. The van der Waals surface area contributed by atoms with Gasteiger partial charge in [-0.25, -0.2) is 0 Å². The van der Waals surface area contributed by atoms with Gasteiger partial charge in [0.15, 0.2) is 0 Å². The second-order valence-corrected chi connectivity index (χ2v) is 9.15. The lowest BCUT2D eigenvalue weighted by molar-refractivity contribution is 0.0949. The van der Waals surface area contributed by atoms with Gasteiger partial charge in [-0.1, -0.05) is 41.6 Å². The Morgan fingerprint density at radius 2 is 1.88 bits per heavy atom. The summed E-state index contributed by atoms with van der Waals surface area (Å²) in [4.78, 5) is 31.5. The van der Waals surface area contributed by atoms with Crippen LogP contribution in [0.1, 0.15) is 26.3 Å². The van der Waals surface area contributed by atoms with Crippen molar-refractivity contribution in [1.29, 1.82) is 0 Å². The molecule has 6 nitrogen and oxygen atoms in total. The van der Waals surface area contributed by atoms with Crippen molar-refractivity contribution in [2.24, 2.45) is 0 Å². The number of benzene rings is 3. The molecule has 1 aliphatic heterocycles. The van der Waals surface area contributed by atoms with Gasteiger partial charge in [0, 0.05) is 33.7 Å². The zero-order chi connectivity index (χ0) is 23.7. The van der Waals surface area contributed by atoms with Crippen molar-refractivity contribution in [2.45, 2.75) is 16.3 Å². The maximum atomic E-state index is 12.8. The van der Waals surface area contributed by atoms with Crippen molar-refractivity contribution in [3.05, 3.63) is 101 Å². The van der Waals surface area contributed by atoms with Crippen LogP contribution in [0.15, 0.2) is 88.8 Å². The standard InChI is InChI=1S/C26H18ClN3O3S/c27-19-11-16(6-9-22(19)31)20-8-5-15(13-28-20)14-29-25(32)17-7-10-24-21(12-17)30-26(33)18-3-1-2-4-23(18)34-24/h1-13,31H,14H2,(H,29,32)(H,30,33). The molecule has 168 valence electrons. The number of rotatable bonds is 4. The van der Waals surface area contributed by atoms with E-state index < -0.39 is 0 Å². The molecule has 0 atom stereocenters. The third kappa shape index (κ3) is 4.48. The van der Waals surface area contributed by atoms with Crippen LogP contribution >= 0.6 is 23.4 Å². The van der Waals surface area contributed by atoms with Crippen molar-refractivity contribution in [3.8, 4) is 17.0 Å². The van der Waals surface area contributed by atoms with E-state index >= 15 is 0 Å². The van der Waals surface area contributed by atoms with Gasteiger partial charge in [-0.3, -0.25) is 14.6 Å². The van der Waals surface area contributed by atoms with E-state index in [1.165, 1.54) is 17.8 Å². The summed E-state index contributed by atoms with van der Waals surface area (Å²) < 4.78 is 0. The molecule has 2 amide bonds. The predicted molar refractivity (Wildman–Crippen MR) is 132 cm³/mol. The SMILES string of the molecule is O=C(NCc1ccc(-c2ccc(O)c(Cl)c2)nc1)c1ccc2c(c1)NC(=O)c1ccccc1S2. The Kier molecular flexibility index (Phi) is 5.96. The Morgan fingerprint density at radius 3 is 2.68 bits per heavy atom. The van der Waals surface area contributed by atoms with Crippen LogP contribution in [-0.4, -0.2) is 21.9 Å². The molecule has 1 aromatic heterocycles. The maximum absolute atomic E-state index is 12.8. The van der Waals surface area contributed by atoms with Crippen LogP contribution in [0, 0.1) is 0 Å². The van der Waals surface area contributed by atoms with Gasteiger partial charge in [0.05, 0.1) is 22.0 Å². The second-order valence-electron chi connectivity index (χ2n) is 7.66. The number of aromatic nitrogens is 1. The van der Waals surface area contributed by atoms with E-state index in [1.54, 1.807) is 36.5 Å². The number of pyridine rings is 1. The number of carbonyl (C=O) groups is 2. The van der Waals surface area contributed by atoms with Crippen molar-refractivity contribution in [2.75, 3.05) is 5.32 Å². The molecular formula is C26H18ClN3O3S. The largest absolute Gasteiger partial charge is 0.506 e. The molecule has 1 aliphatic rings. The monoisotopic (exact) mass is 487 g/mol. The summed E-state index contributed by atoms with van der Waals surface area (Å²) in [6.45, 7) is 0.298. The zero-order valence-corrected chi connectivity index (χ0v) is 19.3. The number of fused-ring (bicyclic) bond motifs is 2. The van der Waals surface area contributed by atoms with Gasteiger partial charge in [-0.2, -0.15) is 0 Å². The van der Waals surface area contributed by atoms with Gasteiger partial charge in [0.2, 0.25) is 0 Å². The summed E-state index contributed by atoms with van der Waals surface area (Å²) in [5, 5.41) is 15.6. The number of aromatic hydroxyl groups is 1. The summed E-state index contributed by atoms with van der Waals surface area (Å²) in [6, 6.07) is 21.3. The molecule has 4 aromatic rings. The number of halogens is 1. The van der Waals surface area contributed by atoms with Crippen molar-refractivity contribution < 1.29 is 14.7 Å². The minimum Gasteiger partial charge on any atom is -0.506 e. The number of hydrogen-bond donors (Lipinski definition) is 3. The number of phenols is 1. The molecule has 0 radical (unpaired) electrons. The van der Waals surface area contributed by atoms with Gasteiger partial charge in [-0.15, -0.1) is 0 Å². The molecule has 0 bridgehead atoms. The number of phenolic OH excluding ortho intramolecular Hbond substituents is 1. The Hall–Kier alpha value is -3.81. The van der Waals surface area contributed by atoms with Crippen LogP contribution in [0.2, 0.25) is 5.02 Å². The average molecular weight is 488 g/mol. The van der Waals surface area contributed by atoms with E-state index in [0.717, 1.165) is 20.9 Å². The van der Waals surface area contributed by atoms with E-state index in [2.05, 4.69) is 15.6 Å². The third-order valence-electron chi connectivity index (χ3n) is 5.36. The fourth-order valence-electron chi connectivity index (χ4n) is 3.56. The van der Waals surface area contributed by atoms with Crippen molar-refractivity contribution in [1.82, 2.24) is 10.3 Å². The smallest absolute Gasteiger partial charge is 0.256 e. The molecule has 2 heterocycles. The summed E-state index contributed by atoms with van der Waals surface area (Å²) in [7, 11) is 0. The lowest BCUT2D eigenvalue weighted by atomic mass is 10.1. The van der Waals surface area contributed by atoms with E-state index in [9.17, 15) is 14.7 Å². The van der Waals surface area contributed by atoms with Crippen LogP contribution in [0.3, 0.4) is 0 Å². The first-order valence-electron chi connectivity index (χ1n) is 10.4. The number of nitrogens with zero attached hydrogens (tertiary/aromatic N) is 1. The van der Waals surface area contributed by atoms with Gasteiger partial charge < -0.3 is 15.7 Å². The molecule has 3 N–H and O–H groups in total. The molecule has 0 saturated carbocycles.